The van der Waals surface area contributed by atoms with Gasteiger partial charge in [-0.1, -0.05) is 36.8 Å². The molecule has 1 heterocycles. The van der Waals surface area contributed by atoms with Gasteiger partial charge in [-0.3, -0.25) is 5.10 Å². The van der Waals surface area contributed by atoms with Gasteiger partial charge in [0.15, 0.2) is 17.3 Å². The second kappa shape index (κ2) is 8.64. The zero-order valence-electron chi connectivity index (χ0n) is 15.6. The van der Waals surface area contributed by atoms with Gasteiger partial charge in [0.25, 0.3) is 0 Å². The molecule has 7 heteroatoms. The number of aromatic amines is 1. The molecule has 0 aliphatic rings. The number of hydrogen-bond acceptors (Lipinski definition) is 5. The van der Waals surface area contributed by atoms with Crippen molar-refractivity contribution in [3.8, 4) is 11.5 Å². The lowest BCUT2D eigenvalue weighted by Crippen LogP contribution is -2.00. The van der Waals surface area contributed by atoms with Crippen LogP contribution in [0.4, 0.5) is 0 Å². The normalized spacial score (nSPS) is 11.1. The molecule has 0 aliphatic heterocycles. The van der Waals surface area contributed by atoms with E-state index in [1.165, 1.54) is 5.56 Å². The first-order valence-electron chi connectivity index (χ1n) is 8.67. The standard InChI is InChI=1S/C20H22N4O2S/c1-4-19-22-23-20(27)24(19)21-12-15-8-9-17(18(11-15)25-3)26-13-16-7-5-6-14(2)10-16/h5-12H,4,13H2,1-3H3,(H,23,27)/b21-12+. The molecular formula is C20H22N4O2S. The largest absolute Gasteiger partial charge is 0.493 e. The maximum atomic E-state index is 5.92. The van der Waals surface area contributed by atoms with E-state index in [0.717, 1.165) is 23.4 Å². The summed E-state index contributed by atoms with van der Waals surface area (Å²) in [5.41, 5.74) is 3.20. The van der Waals surface area contributed by atoms with Crippen molar-refractivity contribution >= 4 is 18.4 Å². The van der Waals surface area contributed by atoms with Crippen molar-refractivity contribution in [2.24, 2.45) is 5.10 Å². The highest BCUT2D eigenvalue weighted by Crippen LogP contribution is 2.28. The lowest BCUT2D eigenvalue weighted by molar-refractivity contribution is 0.284. The van der Waals surface area contributed by atoms with Crippen LogP contribution in [0.25, 0.3) is 0 Å². The summed E-state index contributed by atoms with van der Waals surface area (Å²) in [4.78, 5) is 0. The van der Waals surface area contributed by atoms with Crippen molar-refractivity contribution in [1.29, 1.82) is 0 Å². The van der Waals surface area contributed by atoms with Crippen LogP contribution in [0.5, 0.6) is 11.5 Å². The number of benzene rings is 2. The van der Waals surface area contributed by atoms with Crippen LogP contribution in [0.3, 0.4) is 0 Å². The second-order valence-electron chi connectivity index (χ2n) is 6.04. The molecule has 3 aromatic rings. The van der Waals surface area contributed by atoms with Crippen LogP contribution in [0.15, 0.2) is 47.6 Å². The Morgan fingerprint density at radius 1 is 1.22 bits per heavy atom. The number of hydrogen-bond donors (Lipinski definition) is 1. The molecule has 140 valence electrons. The Morgan fingerprint density at radius 2 is 2.07 bits per heavy atom. The first-order chi connectivity index (χ1) is 13.1. The van der Waals surface area contributed by atoms with Crippen LogP contribution < -0.4 is 9.47 Å². The van der Waals surface area contributed by atoms with Crippen LogP contribution >= 0.6 is 12.2 Å². The van der Waals surface area contributed by atoms with Crippen molar-refractivity contribution in [2.45, 2.75) is 26.9 Å². The highest BCUT2D eigenvalue weighted by atomic mass is 32.1. The van der Waals surface area contributed by atoms with E-state index in [1.54, 1.807) is 18.0 Å². The number of aromatic nitrogens is 3. The highest BCUT2D eigenvalue weighted by molar-refractivity contribution is 7.71. The lowest BCUT2D eigenvalue weighted by atomic mass is 10.1. The molecule has 1 N–H and O–H groups in total. The summed E-state index contributed by atoms with van der Waals surface area (Å²) in [7, 11) is 1.62. The first-order valence-corrected chi connectivity index (χ1v) is 9.08. The van der Waals surface area contributed by atoms with Crippen molar-refractivity contribution in [3.05, 3.63) is 69.8 Å². The van der Waals surface area contributed by atoms with E-state index < -0.39 is 0 Å². The van der Waals surface area contributed by atoms with Crippen LogP contribution in [0.1, 0.15) is 29.4 Å². The minimum absolute atomic E-state index is 0.466. The predicted molar refractivity (Wildman–Crippen MR) is 108 cm³/mol. The number of H-pyrrole nitrogens is 1. The maximum Gasteiger partial charge on any atom is 0.216 e. The Balaban J connectivity index is 1.76. The second-order valence-corrected chi connectivity index (χ2v) is 6.43. The first kappa shape index (κ1) is 18.8. The van der Waals surface area contributed by atoms with Gasteiger partial charge in [-0.25, -0.2) is 0 Å². The van der Waals surface area contributed by atoms with Crippen LogP contribution in [-0.4, -0.2) is 28.2 Å². The minimum Gasteiger partial charge on any atom is -0.493 e. The Labute approximate surface area is 163 Å². The van der Waals surface area contributed by atoms with Gasteiger partial charge in [0, 0.05) is 6.42 Å². The molecule has 0 unspecified atom stereocenters. The van der Waals surface area contributed by atoms with Crippen molar-refractivity contribution in [2.75, 3.05) is 7.11 Å². The van der Waals surface area contributed by atoms with Crippen molar-refractivity contribution in [3.63, 3.8) is 0 Å². The number of rotatable bonds is 7. The fraction of sp³-hybridized carbons (Fsp3) is 0.250. The zero-order chi connectivity index (χ0) is 19.2. The van der Waals surface area contributed by atoms with Gasteiger partial charge >= 0.3 is 0 Å². The molecule has 0 amide bonds. The third kappa shape index (κ3) is 4.62. The molecule has 0 saturated heterocycles. The van der Waals surface area contributed by atoms with E-state index in [1.807, 2.05) is 37.3 Å². The van der Waals surface area contributed by atoms with Gasteiger partial charge < -0.3 is 9.47 Å². The maximum absolute atomic E-state index is 5.92. The molecule has 2 aromatic carbocycles. The molecule has 0 atom stereocenters. The lowest BCUT2D eigenvalue weighted by Gasteiger charge is -2.11. The van der Waals surface area contributed by atoms with Gasteiger partial charge in [-0.2, -0.15) is 14.9 Å². The summed E-state index contributed by atoms with van der Waals surface area (Å²) in [6, 6.07) is 13.9. The molecule has 0 fully saturated rings. The highest BCUT2D eigenvalue weighted by Gasteiger charge is 2.07. The number of ether oxygens (including phenoxy) is 2. The molecule has 6 nitrogen and oxygen atoms in total. The van der Waals surface area contributed by atoms with E-state index >= 15 is 0 Å². The Morgan fingerprint density at radius 3 is 2.81 bits per heavy atom. The zero-order valence-corrected chi connectivity index (χ0v) is 16.4. The number of aryl methyl sites for hydroxylation is 2. The summed E-state index contributed by atoms with van der Waals surface area (Å²) >= 11 is 5.20. The van der Waals surface area contributed by atoms with E-state index in [4.69, 9.17) is 21.7 Å². The van der Waals surface area contributed by atoms with Gasteiger partial charge in [0.1, 0.15) is 6.61 Å². The molecule has 0 radical (unpaired) electrons. The Bertz CT molecular complexity index is 1010. The van der Waals surface area contributed by atoms with Gasteiger partial charge in [0.05, 0.1) is 13.3 Å². The van der Waals surface area contributed by atoms with Crippen LogP contribution in [-0.2, 0) is 13.0 Å². The molecular weight excluding hydrogens is 360 g/mol. The molecule has 27 heavy (non-hydrogen) atoms. The molecule has 1 aromatic heterocycles. The quantitative estimate of drug-likeness (QED) is 0.489. The average molecular weight is 382 g/mol. The van der Waals surface area contributed by atoms with Gasteiger partial charge in [-0.05, 0) is 48.5 Å². The number of methoxy groups -OCH3 is 1. The monoisotopic (exact) mass is 382 g/mol. The van der Waals surface area contributed by atoms with Crippen molar-refractivity contribution < 1.29 is 9.47 Å². The fourth-order valence-corrected chi connectivity index (χ4v) is 2.84. The number of nitrogens with one attached hydrogen (secondary N) is 1. The van der Waals surface area contributed by atoms with Crippen LogP contribution in [0.2, 0.25) is 0 Å². The molecule has 0 aliphatic carbocycles. The van der Waals surface area contributed by atoms with E-state index in [-0.39, 0.29) is 0 Å². The van der Waals surface area contributed by atoms with E-state index in [9.17, 15) is 0 Å². The summed E-state index contributed by atoms with van der Waals surface area (Å²) in [5, 5.41) is 11.3. The smallest absolute Gasteiger partial charge is 0.216 e. The third-order valence-electron chi connectivity index (χ3n) is 4.02. The summed E-state index contributed by atoms with van der Waals surface area (Å²) in [6.45, 7) is 4.55. The van der Waals surface area contributed by atoms with E-state index in [0.29, 0.717) is 22.9 Å². The summed E-state index contributed by atoms with van der Waals surface area (Å²) in [5.74, 6) is 2.12. The van der Waals surface area contributed by atoms with Gasteiger partial charge in [0.2, 0.25) is 4.77 Å². The third-order valence-corrected chi connectivity index (χ3v) is 4.28. The fourth-order valence-electron chi connectivity index (χ4n) is 2.64. The molecule has 0 bridgehead atoms. The van der Waals surface area contributed by atoms with E-state index in [2.05, 4.69) is 34.4 Å². The predicted octanol–water partition coefficient (Wildman–Crippen LogP) is 4.28. The Kier molecular flexibility index (Phi) is 6.03. The minimum atomic E-state index is 0.466. The average Bonchev–Trinajstić information content (AvgIpc) is 3.04. The topological polar surface area (TPSA) is 64.4 Å². The SMILES string of the molecule is CCc1n[nH]c(=S)n1/N=C/c1ccc(OCc2cccc(C)c2)c(OC)c1. The summed E-state index contributed by atoms with van der Waals surface area (Å²) in [6.07, 6.45) is 2.46. The van der Waals surface area contributed by atoms with Gasteiger partial charge in [-0.15, -0.1) is 0 Å². The summed E-state index contributed by atoms with van der Waals surface area (Å²) < 4.78 is 13.5. The molecule has 0 saturated carbocycles. The van der Waals surface area contributed by atoms with Crippen molar-refractivity contribution in [1.82, 2.24) is 14.9 Å². The molecule has 0 spiro atoms. The number of nitrogens with zero attached hydrogens (tertiary/aromatic N) is 3. The Hall–Kier alpha value is -2.93. The van der Waals surface area contributed by atoms with Crippen LogP contribution in [0, 0.1) is 11.7 Å². The molecule has 3 rings (SSSR count).